The van der Waals surface area contributed by atoms with E-state index in [1.54, 1.807) is 18.2 Å². The van der Waals surface area contributed by atoms with Gasteiger partial charge < -0.3 is 15.6 Å². The number of fused-ring (bicyclic) bond motifs is 1. The van der Waals surface area contributed by atoms with E-state index in [-0.39, 0.29) is 22.2 Å². The van der Waals surface area contributed by atoms with Crippen LogP contribution in [0.15, 0.2) is 59.8 Å². The molecule has 8 nitrogen and oxygen atoms in total. The standard InChI is InChI=1S/C27H24F2N4O4S/c1-38(36,37)18-8-4-5-15(11-18)16-12-19-20(14-31-26(19)30-13-16)25(34)23-21(28)9-10-22(24(23)29)33-27(35)32-17-6-2-3-7-17/h4-5,8-14,17H,2-3,6-7H2,1H3,(H,30,31)(H2,32,33,35). The van der Waals surface area contributed by atoms with Crippen LogP contribution in [0.1, 0.15) is 41.6 Å². The van der Waals surface area contributed by atoms with Crippen molar-refractivity contribution in [1.82, 2.24) is 15.3 Å². The van der Waals surface area contributed by atoms with Crippen molar-refractivity contribution in [3.63, 3.8) is 0 Å². The van der Waals surface area contributed by atoms with Crippen LogP contribution in [-0.2, 0) is 9.84 Å². The monoisotopic (exact) mass is 538 g/mol. The van der Waals surface area contributed by atoms with Gasteiger partial charge in [-0.25, -0.2) is 27.0 Å². The number of benzene rings is 2. The molecule has 0 spiro atoms. The van der Waals surface area contributed by atoms with Crippen LogP contribution in [0.3, 0.4) is 0 Å². The van der Waals surface area contributed by atoms with Crippen molar-refractivity contribution in [2.24, 2.45) is 0 Å². The molecule has 2 heterocycles. The largest absolute Gasteiger partial charge is 0.345 e. The summed E-state index contributed by atoms with van der Waals surface area (Å²) in [7, 11) is -3.45. The highest BCUT2D eigenvalue weighted by Crippen LogP contribution is 2.30. The highest BCUT2D eigenvalue weighted by molar-refractivity contribution is 7.90. The van der Waals surface area contributed by atoms with E-state index in [0.717, 1.165) is 44.1 Å². The maximum absolute atomic E-state index is 15.4. The molecule has 3 N–H and O–H groups in total. The van der Waals surface area contributed by atoms with E-state index in [9.17, 15) is 22.4 Å². The average Bonchev–Trinajstić information content (AvgIpc) is 3.55. The molecule has 4 aromatic rings. The number of pyridine rings is 1. The van der Waals surface area contributed by atoms with E-state index in [1.165, 1.54) is 24.5 Å². The van der Waals surface area contributed by atoms with Crippen LogP contribution in [0.2, 0.25) is 0 Å². The molecule has 1 aliphatic rings. The summed E-state index contributed by atoms with van der Waals surface area (Å²) in [5.41, 5.74) is 0.201. The number of nitrogens with one attached hydrogen (secondary N) is 3. The second kappa shape index (κ2) is 9.97. The number of carbonyl (C=O) groups is 2. The summed E-state index contributed by atoms with van der Waals surface area (Å²) in [6, 6.07) is 9.19. The Morgan fingerprint density at radius 2 is 1.82 bits per heavy atom. The topological polar surface area (TPSA) is 121 Å². The Bertz CT molecular complexity index is 1680. The summed E-state index contributed by atoms with van der Waals surface area (Å²) in [6.07, 6.45) is 7.57. The maximum Gasteiger partial charge on any atom is 0.319 e. The molecule has 1 fully saturated rings. The van der Waals surface area contributed by atoms with Gasteiger partial charge in [0.1, 0.15) is 11.5 Å². The highest BCUT2D eigenvalue weighted by atomic mass is 32.2. The third kappa shape index (κ3) is 5.01. The number of urea groups is 1. The molecule has 0 saturated heterocycles. The first kappa shape index (κ1) is 25.5. The normalized spacial score (nSPS) is 14.1. The molecule has 1 saturated carbocycles. The molecule has 38 heavy (non-hydrogen) atoms. The van der Waals surface area contributed by atoms with Crippen LogP contribution in [0.4, 0.5) is 19.3 Å². The highest BCUT2D eigenvalue weighted by Gasteiger charge is 2.26. The lowest BCUT2D eigenvalue weighted by molar-refractivity contribution is 0.103. The molecule has 2 aromatic carbocycles. The SMILES string of the molecule is CS(=O)(=O)c1cccc(-c2cnc3[nH]cc(C(=O)c4c(F)ccc(NC(=O)NC5CCCC5)c4F)c3c2)c1. The van der Waals surface area contributed by atoms with Crippen molar-refractivity contribution in [2.45, 2.75) is 36.6 Å². The Hall–Kier alpha value is -4.12. The minimum Gasteiger partial charge on any atom is -0.345 e. The van der Waals surface area contributed by atoms with Gasteiger partial charge in [-0.1, -0.05) is 25.0 Å². The van der Waals surface area contributed by atoms with Crippen molar-refractivity contribution in [3.8, 4) is 11.1 Å². The van der Waals surface area contributed by atoms with Gasteiger partial charge in [0.2, 0.25) is 5.78 Å². The van der Waals surface area contributed by atoms with E-state index in [1.807, 2.05) is 0 Å². The van der Waals surface area contributed by atoms with Gasteiger partial charge in [-0.3, -0.25) is 4.79 Å². The van der Waals surface area contributed by atoms with E-state index >= 15 is 4.39 Å². The summed E-state index contributed by atoms with van der Waals surface area (Å²) >= 11 is 0. The molecule has 196 valence electrons. The number of aromatic nitrogens is 2. The van der Waals surface area contributed by atoms with E-state index in [4.69, 9.17) is 0 Å². The Labute approximate surface area is 217 Å². The number of carbonyl (C=O) groups excluding carboxylic acids is 2. The summed E-state index contributed by atoms with van der Waals surface area (Å²) in [5.74, 6) is -3.20. The number of amides is 2. The predicted octanol–water partition coefficient (Wildman–Crippen LogP) is 5.21. The van der Waals surface area contributed by atoms with E-state index in [0.29, 0.717) is 22.2 Å². The fourth-order valence-corrected chi connectivity index (χ4v) is 5.33. The molecule has 0 bridgehead atoms. The van der Waals surface area contributed by atoms with Crippen LogP contribution in [-0.4, -0.2) is 42.5 Å². The average molecular weight is 539 g/mol. The zero-order valence-corrected chi connectivity index (χ0v) is 21.2. The van der Waals surface area contributed by atoms with Crippen LogP contribution in [0.5, 0.6) is 0 Å². The molecule has 0 radical (unpaired) electrons. The van der Waals surface area contributed by atoms with Gasteiger partial charge in [0.25, 0.3) is 0 Å². The van der Waals surface area contributed by atoms with Gasteiger partial charge >= 0.3 is 6.03 Å². The van der Waals surface area contributed by atoms with E-state index in [2.05, 4.69) is 20.6 Å². The van der Waals surface area contributed by atoms with Crippen LogP contribution in [0.25, 0.3) is 22.2 Å². The van der Waals surface area contributed by atoms with Crippen LogP contribution >= 0.6 is 0 Å². The minimum atomic E-state index is -3.45. The number of rotatable bonds is 6. The van der Waals surface area contributed by atoms with Crippen molar-refractivity contribution in [3.05, 3.63) is 77.6 Å². The van der Waals surface area contributed by atoms with Gasteiger partial charge in [-0.15, -0.1) is 0 Å². The Kier molecular flexibility index (Phi) is 6.70. The third-order valence-corrected chi connectivity index (χ3v) is 7.74. The molecule has 0 aliphatic heterocycles. The van der Waals surface area contributed by atoms with Crippen LogP contribution < -0.4 is 10.6 Å². The molecular formula is C27H24F2N4O4S. The molecule has 1 aliphatic carbocycles. The molecule has 2 aromatic heterocycles. The number of hydrogen-bond acceptors (Lipinski definition) is 5. The molecule has 0 atom stereocenters. The second-order valence-corrected chi connectivity index (χ2v) is 11.3. The Balaban J connectivity index is 1.48. The van der Waals surface area contributed by atoms with Gasteiger partial charge in [0.05, 0.1) is 16.1 Å². The number of aromatic amines is 1. The summed E-state index contributed by atoms with van der Waals surface area (Å²) in [4.78, 5) is 32.9. The zero-order chi connectivity index (χ0) is 27.0. The van der Waals surface area contributed by atoms with Crippen molar-refractivity contribution < 1.29 is 26.8 Å². The number of halogens is 2. The van der Waals surface area contributed by atoms with Crippen LogP contribution in [0, 0.1) is 11.6 Å². The van der Waals surface area contributed by atoms with Crippen molar-refractivity contribution in [1.29, 1.82) is 0 Å². The van der Waals surface area contributed by atoms with Gasteiger partial charge in [0.15, 0.2) is 15.7 Å². The number of H-pyrrole nitrogens is 1. The number of nitrogens with zero attached hydrogens (tertiary/aromatic N) is 1. The lowest BCUT2D eigenvalue weighted by Gasteiger charge is -2.14. The minimum absolute atomic E-state index is 0.00865. The zero-order valence-electron chi connectivity index (χ0n) is 20.3. The molecule has 5 rings (SSSR count). The number of ketones is 1. The summed E-state index contributed by atoms with van der Waals surface area (Å²) in [6.45, 7) is 0. The Morgan fingerprint density at radius 1 is 1.05 bits per heavy atom. The maximum atomic E-state index is 15.4. The number of anilines is 1. The van der Waals surface area contributed by atoms with Crippen molar-refractivity contribution in [2.75, 3.05) is 11.6 Å². The Morgan fingerprint density at radius 3 is 2.55 bits per heavy atom. The molecule has 0 unspecified atom stereocenters. The second-order valence-electron chi connectivity index (χ2n) is 9.32. The fraction of sp³-hybridized carbons (Fsp3) is 0.222. The van der Waals surface area contributed by atoms with E-state index < -0.39 is 38.8 Å². The lowest BCUT2D eigenvalue weighted by atomic mass is 9.99. The number of sulfone groups is 1. The first-order valence-electron chi connectivity index (χ1n) is 12.0. The lowest BCUT2D eigenvalue weighted by Crippen LogP contribution is -2.36. The molecule has 11 heteroatoms. The molecular weight excluding hydrogens is 514 g/mol. The summed E-state index contributed by atoms with van der Waals surface area (Å²) in [5, 5.41) is 5.43. The first-order valence-corrected chi connectivity index (χ1v) is 13.9. The van der Waals surface area contributed by atoms with Gasteiger partial charge in [-0.2, -0.15) is 0 Å². The molecule has 2 amide bonds. The first-order chi connectivity index (χ1) is 18.1. The third-order valence-electron chi connectivity index (χ3n) is 6.63. The predicted molar refractivity (Wildman–Crippen MR) is 139 cm³/mol. The fourth-order valence-electron chi connectivity index (χ4n) is 4.66. The van der Waals surface area contributed by atoms with Gasteiger partial charge in [0, 0.05) is 41.2 Å². The quantitative estimate of drug-likeness (QED) is 0.291. The van der Waals surface area contributed by atoms with Crippen molar-refractivity contribution >= 4 is 38.4 Å². The smallest absolute Gasteiger partial charge is 0.319 e. The number of hydrogen-bond donors (Lipinski definition) is 3. The van der Waals surface area contributed by atoms with Gasteiger partial charge in [-0.05, 0) is 48.7 Å². The summed E-state index contributed by atoms with van der Waals surface area (Å²) < 4.78 is 54.1.